The standard InChI is InChI=1S/C23H23NO5/c1-14(16-9-6-5-7-10-16)24-15(2)20(23(27)29-4)18(22(24)26)13-17-11-8-12-19(28-3)21(17)25/h5-14,25H,1-4H3/b18-13-/t14-/m0/s1. The van der Waals surface area contributed by atoms with Crippen LogP contribution in [0.4, 0.5) is 0 Å². The van der Waals surface area contributed by atoms with E-state index in [4.69, 9.17) is 9.47 Å². The largest absolute Gasteiger partial charge is 0.504 e. The monoisotopic (exact) mass is 393 g/mol. The SMILES string of the molecule is COC(=O)C1=C(C)N([C@@H](C)c2ccccc2)C(=O)/C1=C\c1cccc(OC)c1O. The smallest absolute Gasteiger partial charge is 0.340 e. The number of phenolic OH excluding ortho intramolecular Hbond substituents is 1. The lowest BCUT2D eigenvalue weighted by atomic mass is 10.0. The number of hydrogen-bond acceptors (Lipinski definition) is 5. The number of esters is 1. The molecule has 1 heterocycles. The normalized spacial score (nSPS) is 16.3. The van der Waals surface area contributed by atoms with Gasteiger partial charge in [-0.25, -0.2) is 4.79 Å². The van der Waals surface area contributed by atoms with Crippen LogP contribution < -0.4 is 4.74 Å². The van der Waals surface area contributed by atoms with E-state index in [2.05, 4.69) is 0 Å². The maximum Gasteiger partial charge on any atom is 0.340 e. The second-order valence-electron chi connectivity index (χ2n) is 6.67. The van der Waals surface area contributed by atoms with E-state index in [-0.39, 0.29) is 34.6 Å². The summed E-state index contributed by atoms with van der Waals surface area (Å²) in [7, 11) is 2.72. The maximum atomic E-state index is 13.3. The molecule has 0 radical (unpaired) electrons. The van der Waals surface area contributed by atoms with E-state index >= 15 is 0 Å². The number of allylic oxidation sites excluding steroid dienone is 1. The minimum atomic E-state index is -0.604. The summed E-state index contributed by atoms with van der Waals surface area (Å²) in [6.07, 6.45) is 1.49. The number of ether oxygens (including phenoxy) is 2. The summed E-state index contributed by atoms with van der Waals surface area (Å²) < 4.78 is 10.1. The van der Waals surface area contributed by atoms with Gasteiger partial charge in [0.15, 0.2) is 11.5 Å². The minimum Gasteiger partial charge on any atom is -0.504 e. The Morgan fingerprint density at radius 3 is 2.41 bits per heavy atom. The lowest BCUT2D eigenvalue weighted by molar-refractivity contribution is -0.136. The predicted octanol–water partition coefficient (Wildman–Crippen LogP) is 3.83. The molecule has 0 fully saturated rings. The zero-order chi connectivity index (χ0) is 21.1. The number of carbonyl (C=O) groups is 2. The molecule has 1 N–H and O–H groups in total. The summed E-state index contributed by atoms with van der Waals surface area (Å²) in [6.45, 7) is 3.62. The molecular weight excluding hydrogens is 370 g/mol. The van der Waals surface area contributed by atoms with Crippen LogP contribution in [-0.4, -0.2) is 36.1 Å². The molecule has 0 aliphatic carbocycles. The second kappa shape index (κ2) is 8.22. The van der Waals surface area contributed by atoms with Crippen LogP contribution in [-0.2, 0) is 14.3 Å². The van der Waals surface area contributed by atoms with Crippen molar-refractivity contribution in [2.24, 2.45) is 0 Å². The first-order chi connectivity index (χ1) is 13.9. The molecule has 0 spiro atoms. The van der Waals surface area contributed by atoms with E-state index in [0.29, 0.717) is 11.3 Å². The van der Waals surface area contributed by atoms with E-state index in [9.17, 15) is 14.7 Å². The number of para-hydroxylation sites is 1. The third kappa shape index (κ3) is 3.61. The van der Waals surface area contributed by atoms with Gasteiger partial charge in [-0.3, -0.25) is 4.79 Å². The summed E-state index contributed by atoms with van der Waals surface area (Å²) in [5.41, 5.74) is 2.17. The van der Waals surface area contributed by atoms with Gasteiger partial charge in [-0.15, -0.1) is 0 Å². The van der Waals surface area contributed by atoms with Crippen LogP contribution in [0.15, 0.2) is 65.4 Å². The highest BCUT2D eigenvalue weighted by Gasteiger charge is 2.39. The van der Waals surface area contributed by atoms with Crippen molar-refractivity contribution in [3.63, 3.8) is 0 Å². The Hall–Kier alpha value is -3.54. The van der Waals surface area contributed by atoms with Gasteiger partial charge in [-0.2, -0.15) is 0 Å². The molecule has 6 nitrogen and oxygen atoms in total. The van der Waals surface area contributed by atoms with Crippen molar-refractivity contribution in [3.8, 4) is 11.5 Å². The molecule has 0 aromatic heterocycles. The van der Waals surface area contributed by atoms with E-state index in [1.165, 1.54) is 20.3 Å². The second-order valence-corrected chi connectivity index (χ2v) is 6.67. The molecule has 3 rings (SSSR count). The van der Waals surface area contributed by atoms with Gasteiger partial charge in [0.1, 0.15) is 0 Å². The molecule has 0 bridgehead atoms. The topological polar surface area (TPSA) is 76.1 Å². The number of nitrogens with zero attached hydrogens (tertiary/aromatic N) is 1. The summed E-state index contributed by atoms with van der Waals surface area (Å²) in [5.74, 6) is -0.764. The number of aromatic hydroxyl groups is 1. The number of benzene rings is 2. The first kappa shape index (κ1) is 20.2. The predicted molar refractivity (Wildman–Crippen MR) is 109 cm³/mol. The molecule has 1 aliphatic rings. The summed E-state index contributed by atoms with van der Waals surface area (Å²) in [4.78, 5) is 27.4. The van der Waals surface area contributed by atoms with Crippen molar-refractivity contribution >= 4 is 18.0 Å². The molecule has 2 aromatic carbocycles. The number of methoxy groups -OCH3 is 2. The quantitative estimate of drug-likeness (QED) is 0.617. The summed E-state index contributed by atoms with van der Waals surface area (Å²) >= 11 is 0. The van der Waals surface area contributed by atoms with E-state index in [0.717, 1.165) is 5.56 Å². The Morgan fingerprint density at radius 2 is 1.79 bits per heavy atom. The molecule has 1 atom stereocenters. The number of phenols is 1. The molecule has 150 valence electrons. The van der Waals surface area contributed by atoms with E-state index < -0.39 is 5.97 Å². The van der Waals surface area contributed by atoms with Gasteiger partial charge in [0.2, 0.25) is 0 Å². The lowest BCUT2D eigenvalue weighted by Gasteiger charge is -2.26. The number of rotatable bonds is 5. The Morgan fingerprint density at radius 1 is 1.10 bits per heavy atom. The lowest BCUT2D eigenvalue weighted by Crippen LogP contribution is -2.28. The number of carbonyl (C=O) groups excluding carboxylic acids is 2. The maximum absolute atomic E-state index is 13.3. The molecule has 0 saturated carbocycles. The highest BCUT2D eigenvalue weighted by molar-refractivity contribution is 6.16. The molecule has 6 heteroatoms. The van der Waals surface area contributed by atoms with Crippen LogP contribution in [0.2, 0.25) is 0 Å². The fourth-order valence-electron chi connectivity index (χ4n) is 3.52. The van der Waals surface area contributed by atoms with Crippen molar-refractivity contribution in [2.75, 3.05) is 14.2 Å². The van der Waals surface area contributed by atoms with Crippen LogP contribution in [0.1, 0.15) is 31.0 Å². The van der Waals surface area contributed by atoms with E-state index in [1.54, 1.807) is 30.0 Å². The summed E-state index contributed by atoms with van der Waals surface area (Å²) in [5, 5.41) is 10.4. The average molecular weight is 393 g/mol. The minimum absolute atomic E-state index is 0.105. The third-order valence-electron chi connectivity index (χ3n) is 5.05. The number of amides is 1. The fraction of sp³-hybridized carbons (Fsp3) is 0.217. The molecule has 1 amide bonds. The van der Waals surface area contributed by atoms with Gasteiger partial charge in [-0.05, 0) is 31.6 Å². The van der Waals surface area contributed by atoms with Crippen molar-refractivity contribution in [1.29, 1.82) is 0 Å². The van der Waals surface area contributed by atoms with Gasteiger partial charge in [0.25, 0.3) is 5.91 Å². The summed E-state index contributed by atoms with van der Waals surface area (Å²) in [6, 6.07) is 14.2. The fourth-order valence-corrected chi connectivity index (χ4v) is 3.52. The Labute approximate surface area is 169 Å². The van der Waals surface area contributed by atoms with Gasteiger partial charge >= 0.3 is 5.97 Å². The van der Waals surface area contributed by atoms with Crippen LogP contribution in [0.3, 0.4) is 0 Å². The van der Waals surface area contributed by atoms with E-state index in [1.807, 2.05) is 37.3 Å². The molecule has 0 unspecified atom stereocenters. The van der Waals surface area contributed by atoms with Crippen LogP contribution in [0, 0.1) is 0 Å². The van der Waals surface area contributed by atoms with Crippen molar-refractivity contribution in [3.05, 3.63) is 76.5 Å². The zero-order valence-corrected chi connectivity index (χ0v) is 16.8. The highest BCUT2D eigenvalue weighted by atomic mass is 16.5. The Bertz CT molecular complexity index is 1010. The molecular formula is C23H23NO5. The van der Waals surface area contributed by atoms with Gasteiger partial charge in [-0.1, -0.05) is 42.5 Å². The van der Waals surface area contributed by atoms with Crippen LogP contribution in [0.5, 0.6) is 11.5 Å². The molecule has 29 heavy (non-hydrogen) atoms. The zero-order valence-electron chi connectivity index (χ0n) is 16.8. The first-order valence-electron chi connectivity index (χ1n) is 9.16. The van der Waals surface area contributed by atoms with Gasteiger partial charge in [0.05, 0.1) is 31.4 Å². The van der Waals surface area contributed by atoms with Crippen molar-refractivity contribution in [1.82, 2.24) is 4.90 Å². The van der Waals surface area contributed by atoms with Crippen molar-refractivity contribution in [2.45, 2.75) is 19.9 Å². The molecule has 1 aliphatic heterocycles. The van der Waals surface area contributed by atoms with Crippen LogP contribution in [0.25, 0.3) is 6.08 Å². The molecule has 2 aromatic rings. The highest BCUT2D eigenvalue weighted by Crippen LogP contribution is 2.39. The first-order valence-corrected chi connectivity index (χ1v) is 9.16. The Kier molecular flexibility index (Phi) is 5.73. The average Bonchev–Trinajstić information content (AvgIpc) is 2.98. The van der Waals surface area contributed by atoms with Gasteiger partial charge < -0.3 is 19.5 Å². The van der Waals surface area contributed by atoms with Crippen molar-refractivity contribution < 1.29 is 24.2 Å². The Balaban J connectivity index is 2.13. The van der Waals surface area contributed by atoms with Gasteiger partial charge in [0, 0.05) is 11.3 Å². The molecule has 0 saturated heterocycles. The third-order valence-corrected chi connectivity index (χ3v) is 5.05. The number of hydrogen-bond donors (Lipinski definition) is 1. The van der Waals surface area contributed by atoms with Crippen LogP contribution >= 0.6 is 0 Å².